The average molecular weight is 285 g/mol. The lowest BCUT2D eigenvalue weighted by atomic mass is 10.1. The van der Waals surface area contributed by atoms with E-state index in [4.69, 9.17) is 0 Å². The van der Waals surface area contributed by atoms with E-state index in [1.165, 1.54) is 11.3 Å². The zero-order valence-corrected chi connectivity index (χ0v) is 11.4. The molecule has 1 amide bonds. The van der Waals surface area contributed by atoms with Crippen LogP contribution in [0.3, 0.4) is 0 Å². The standard InChI is InChI=1S/C13H11N5OS/c19-13(12-17-9-5-14-3-1-11(9)20-12)18-4-2-8-10(6-18)16-7-15-8/h1,3,5,7H,2,4,6H2,(H,15,16). The number of thiazole rings is 1. The molecule has 3 aromatic heterocycles. The molecule has 0 bridgehead atoms. The van der Waals surface area contributed by atoms with Gasteiger partial charge in [-0.1, -0.05) is 0 Å². The van der Waals surface area contributed by atoms with Gasteiger partial charge >= 0.3 is 0 Å². The maximum Gasteiger partial charge on any atom is 0.283 e. The Morgan fingerprint density at radius 2 is 2.40 bits per heavy atom. The summed E-state index contributed by atoms with van der Waals surface area (Å²) in [6.45, 7) is 1.26. The van der Waals surface area contributed by atoms with Crippen molar-refractivity contribution in [3.63, 3.8) is 0 Å². The number of nitrogens with zero attached hydrogens (tertiary/aromatic N) is 4. The van der Waals surface area contributed by atoms with Gasteiger partial charge in [-0.3, -0.25) is 9.78 Å². The predicted octanol–water partition coefficient (Wildman–Crippen LogP) is 1.61. The molecule has 1 N–H and O–H groups in total. The molecular weight excluding hydrogens is 274 g/mol. The van der Waals surface area contributed by atoms with E-state index in [0.29, 0.717) is 18.1 Å². The molecule has 3 aromatic rings. The second-order valence-corrected chi connectivity index (χ2v) is 5.70. The van der Waals surface area contributed by atoms with E-state index in [9.17, 15) is 4.79 Å². The van der Waals surface area contributed by atoms with E-state index in [1.807, 2.05) is 11.0 Å². The molecule has 100 valence electrons. The summed E-state index contributed by atoms with van der Waals surface area (Å²) in [4.78, 5) is 30.1. The number of aromatic nitrogens is 4. The third-order valence-electron chi connectivity index (χ3n) is 3.44. The third-order valence-corrected chi connectivity index (χ3v) is 4.46. The highest BCUT2D eigenvalue weighted by Crippen LogP contribution is 2.24. The van der Waals surface area contributed by atoms with Crippen molar-refractivity contribution in [1.82, 2.24) is 24.8 Å². The number of hydrogen-bond acceptors (Lipinski definition) is 5. The topological polar surface area (TPSA) is 74.8 Å². The number of H-pyrrole nitrogens is 1. The smallest absolute Gasteiger partial charge is 0.283 e. The zero-order chi connectivity index (χ0) is 13.5. The van der Waals surface area contributed by atoms with Gasteiger partial charge in [0.2, 0.25) is 0 Å². The van der Waals surface area contributed by atoms with Gasteiger partial charge in [-0.05, 0) is 6.07 Å². The quantitative estimate of drug-likeness (QED) is 0.737. The van der Waals surface area contributed by atoms with E-state index in [-0.39, 0.29) is 5.91 Å². The Labute approximate surface area is 118 Å². The van der Waals surface area contributed by atoms with Crippen LogP contribution in [0.2, 0.25) is 0 Å². The van der Waals surface area contributed by atoms with E-state index < -0.39 is 0 Å². The van der Waals surface area contributed by atoms with E-state index in [0.717, 1.165) is 28.0 Å². The maximum absolute atomic E-state index is 12.5. The molecule has 1 aliphatic heterocycles. The zero-order valence-electron chi connectivity index (χ0n) is 10.5. The molecule has 0 unspecified atom stereocenters. The SMILES string of the molecule is O=C(c1nc2cnccc2s1)N1CCc2nc[nH]c2C1. The predicted molar refractivity (Wildman–Crippen MR) is 74.4 cm³/mol. The first-order valence-corrected chi connectivity index (χ1v) is 7.14. The number of carbonyl (C=O) groups is 1. The Hall–Kier alpha value is -2.28. The van der Waals surface area contributed by atoms with Gasteiger partial charge in [0.05, 0.1) is 35.2 Å². The fourth-order valence-electron chi connectivity index (χ4n) is 2.39. The highest BCUT2D eigenvalue weighted by Gasteiger charge is 2.25. The Morgan fingerprint density at radius 1 is 1.45 bits per heavy atom. The van der Waals surface area contributed by atoms with Crippen molar-refractivity contribution in [3.8, 4) is 0 Å². The lowest BCUT2D eigenvalue weighted by Gasteiger charge is -2.25. The van der Waals surface area contributed by atoms with Crippen LogP contribution in [0.15, 0.2) is 24.8 Å². The summed E-state index contributed by atoms with van der Waals surface area (Å²) in [6, 6.07) is 1.88. The van der Waals surface area contributed by atoms with Gasteiger partial charge in [0, 0.05) is 19.2 Å². The Kier molecular flexibility index (Phi) is 2.53. The van der Waals surface area contributed by atoms with Crippen LogP contribution in [0.5, 0.6) is 0 Å². The minimum Gasteiger partial charge on any atom is -0.347 e. The number of nitrogens with one attached hydrogen (secondary N) is 1. The number of pyridine rings is 1. The monoisotopic (exact) mass is 285 g/mol. The van der Waals surface area contributed by atoms with Crippen molar-refractivity contribution < 1.29 is 4.79 Å². The van der Waals surface area contributed by atoms with Crippen LogP contribution in [0.4, 0.5) is 0 Å². The van der Waals surface area contributed by atoms with E-state index >= 15 is 0 Å². The molecule has 0 aromatic carbocycles. The first-order valence-electron chi connectivity index (χ1n) is 6.32. The maximum atomic E-state index is 12.5. The summed E-state index contributed by atoms with van der Waals surface area (Å²) in [5, 5.41) is 0.524. The van der Waals surface area contributed by atoms with Crippen molar-refractivity contribution in [2.45, 2.75) is 13.0 Å². The highest BCUT2D eigenvalue weighted by atomic mass is 32.1. The Balaban J connectivity index is 1.64. The van der Waals surface area contributed by atoms with Crippen LogP contribution in [-0.4, -0.2) is 37.3 Å². The molecule has 0 radical (unpaired) electrons. The van der Waals surface area contributed by atoms with Crippen LogP contribution < -0.4 is 0 Å². The number of imidazole rings is 1. The highest BCUT2D eigenvalue weighted by molar-refractivity contribution is 7.20. The second-order valence-electron chi connectivity index (χ2n) is 4.67. The first kappa shape index (κ1) is 11.5. The summed E-state index contributed by atoms with van der Waals surface area (Å²) < 4.78 is 0.989. The van der Waals surface area contributed by atoms with E-state index in [1.54, 1.807) is 18.7 Å². The molecule has 0 aliphatic carbocycles. The average Bonchev–Trinajstić information content (AvgIpc) is 3.11. The minimum atomic E-state index is -0.0218. The van der Waals surface area contributed by atoms with Gasteiger partial charge in [-0.2, -0.15) is 0 Å². The van der Waals surface area contributed by atoms with Crippen molar-refractivity contribution in [2.24, 2.45) is 0 Å². The molecule has 1 aliphatic rings. The number of carbonyl (C=O) groups excluding carboxylic acids is 1. The van der Waals surface area contributed by atoms with Crippen molar-refractivity contribution in [3.05, 3.63) is 41.2 Å². The number of aromatic amines is 1. The van der Waals surface area contributed by atoms with Gasteiger partial charge in [0.1, 0.15) is 5.52 Å². The molecule has 0 spiro atoms. The number of rotatable bonds is 1. The largest absolute Gasteiger partial charge is 0.347 e. The number of hydrogen-bond donors (Lipinski definition) is 1. The molecule has 6 nitrogen and oxygen atoms in total. The molecule has 7 heteroatoms. The van der Waals surface area contributed by atoms with Crippen LogP contribution in [0, 0.1) is 0 Å². The molecule has 0 saturated heterocycles. The first-order chi connectivity index (χ1) is 9.81. The number of amides is 1. The molecule has 0 fully saturated rings. The fourth-order valence-corrected chi connectivity index (χ4v) is 3.29. The van der Waals surface area contributed by atoms with Gasteiger partial charge in [0.15, 0.2) is 5.01 Å². The van der Waals surface area contributed by atoms with Crippen LogP contribution in [0.25, 0.3) is 10.2 Å². The molecule has 4 rings (SSSR count). The lowest BCUT2D eigenvalue weighted by Crippen LogP contribution is -2.36. The van der Waals surface area contributed by atoms with Gasteiger partial charge in [0.25, 0.3) is 5.91 Å². The summed E-state index contributed by atoms with van der Waals surface area (Å²) in [6.07, 6.45) is 5.87. The third kappa shape index (κ3) is 1.78. The Morgan fingerprint density at radius 3 is 3.30 bits per heavy atom. The molecule has 20 heavy (non-hydrogen) atoms. The minimum absolute atomic E-state index is 0.0218. The summed E-state index contributed by atoms with van der Waals surface area (Å²) in [5.74, 6) is -0.0218. The lowest BCUT2D eigenvalue weighted by molar-refractivity contribution is 0.0732. The molecular formula is C13H11N5OS. The summed E-state index contributed by atoms with van der Waals surface area (Å²) >= 11 is 1.41. The molecule has 0 atom stereocenters. The summed E-state index contributed by atoms with van der Waals surface area (Å²) in [5.41, 5.74) is 2.86. The van der Waals surface area contributed by atoms with Crippen molar-refractivity contribution in [2.75, 3.05) is 6.54 Å². The molecule has 4 heterocycles. The fraction of sp³-hybridized carbons (Fsp3) is 0.231. The molecule has 0 saturated carbocycles. The van der Waals surface area contributed by atoms with E-state index in [2.05, 4.69) is 19.9 Å². The number of fused-ring (bicyclic) bond motifs is 2. The van der Waals surface area contributed by atoms with Crippen molar-refractivity contribution in [1.29, 1.82) is 0 Å². The Bertz CT molecular complexity index is 760. The summed E-state index contributed by atoms with van der Waals surface area (Å²) in [7, 11) is 0. The van der Waals surface area contributed by atoms with Crippen molar-refractivity contribution >= 4 is 27.5 Å². The van der Waals surface area contributed by atoms with Gasteiger partial charge in [-0.25, -0.2) is 9.97 Å². The van der Waals surface area contributed by atoms with Crippen LogP contribution in [0.1, 0.15) is 21.2 Å². The normalized spacial score (nSPS) is 14.5. The second kappa shape index (κ2) is 4.38. The van der Waals surface area contributed by atoms with Gasteiger partial charge < -0.3 is 9.88 Å². The van der Waals surface area contributed by atoms with Gasteiger partial charge in [-0.15, -0.1) is 11.3 Å². The van der Waals surface area contributed by atoms with Crippen LogP contribution >= 0.6 is 11.3 Å². The van der Waals surface area contributed by atoms with Crippen LogP contribution in [-0.2, 0) is 13.0 Å².